The molecule has 0 aliphatic rings. The molecule has 0 saturated carbocycles. The molecule has 5 nitrogen and oxygen atoms in total. The number of anilines is 1. The van der Waals surface area contributed by atoms with Gasteiger partial charge in [0.05, 0.1) is 10.8 Å². The topological polar surface area (TPSA) is 86.5 Å². The molecule has 18 heavy (non-hydrogen) atoms. The van der Waals surface area contributed by atoms with Crippen LogP contribution in [0.1, 0.15) is 13.8 Å². The summed E-state index contributed by atoms with van der Waals surface area (Å²) in [6, 6.07) is 5.60. The molecular weight excluding hydrogens is 278 g/mol. The van der Waals surface area contributed by atoms with Crippen molar-refractivity contribution >= 4 is 33.1 Å². The average Bonchev–Trinajstić information content (AvgIpc) is 2.28. The smallest absolute Gasteiger partial charge is 0.304 e. The zero-order chi connectivity index (χ0) is 14.0. The van der Waals surface area contributed by atoms with Crippen molar-refractivity contribution in [2.24, 2.45) is 0 Å². The van der Waals surface area contributed by atoms with Crippen LogP contribution in [-0.4, -0.2) is 25.2 Å². The Morgan fingerprint density at radius 1 is 1.39 bits per heavy atom. The number of hydrogen-bond donors (Lipinski definition) is 1. The van der Waals surface area contributed by atoms with Crippen molar-refractivity contribution < 1.29 is 17.9 Å². The SMILES string of the molecule is CC(=O)OC(C)(CCl)S(=O)(=O)c1ccc(N)cc1. The van der Waals surface area contributed by atoms with Gasteiger partial charge in [-0.25, -0.2) is 8.42 Å². The van der Waals surface area contributed by atoms with Gasteiger partial charge in [-0.05, 0) is 31.2 Å². The molecule has 0 aromatic heterocycles. The summed E-state index contributed by atoms with van der Waals surface area (Å²) in [4.78, 5) is 9.19. The normalized spacial score (nSPS) is 14.8. The van der Waals surface area contributed by atoms with Crippen LogP contribution in [0.5, 0.6) is 0 Å². The lowest BCUT2D eigenvalue weighted by molar-refractivity contribution is -0.147. The van der Waals surface area contributed by atoms with Crippen LogP contribution in [-0.2, 0) is 19.4 Å². The maximum Gasteiger partial charge on any atom is 0.304 e. The predicted molar refractivity (Wildman–Crippen MR) is 68.9 cm³/mol. The lowest BCUT2D eigenvalue weighted by atomic mass is 10.3. The Kier molecular flexibility index (Phi) is 4.24. The van der Waals surface area contributed by atoms with Crippen molar-refractivity contribution in [2.75, 3.05) is 11.6 Å². The summed E-state index contributed by atoms with van der Waals surface area (Å²) in [5, 5.41) is 0. The Morgan fingerprint density at radius 3 is 2.28 bits per heavy atom. The fourth-order valence-electron chi connectivity index (χ4n) is 1.35. The Balaban J connectivity index is 3.26. The standard InChI is InChI=1S/C11H14ClNO4S/c1-8(14)17-11(2,7-12)18(15,16)10-5-3-9(13)4-6-10/h3-6H,7,13H2,1-2H3. The first-order valence-electron chi connectivity index (χ1n) is 5.08. The molecule has 0 fully saturated rings. The molecule has 0 aliphatic heterocycles. The number of nitrogens with two attached hydrogens (primary N) is 1. The summed E-state index contributed by atoms with van der Waals surface area (Å²) < 4.78 is 29.5. The second kappa shape index (κ2) is 5.16. The summed E-state index contributed by atoms with van der Waals surface area (Å²) in [7, 11) is -3.89. The second-order valence-electron chi connectivity index (χ2n) is 3.93. The number of rotatable bonds is 4. The van der Waals surface area contributed by atoms with Gasteiger partial charge < -0.3 is 10.5 Å². The highest BCUT2D eigenvalue weighted by Gasteiger charge is 2.42. The van der Waals surface area contributed by atoms with Crippen LogP contribution in [0.15, 0.2) is 29.2 Å². The van der Waals surface area contributed by atoms with Crippen LogP contribution in [0, 0.1) is 0 Å². The lowest BCUT2D eigenvalue weighted by Gasteiger charge is -2.26. The Labute approximate surface area is 111 Å². The molecule has 1 rings (SSSR count). The van der Waals surface area contributed by atoms with E-state index in [1.165, 1.54) is 31.2 Å². The van der Waals surface area contributed by atoms with Crippen molar-refractivity contribution in [3.63, 3.8) is 0 Å². The lowest BCUT2D eigenvalue weighted by Crippen LogP contribution is -2.41. The van der Waals surface area contributed by atoms with Gasteiger partial charge in [0.15, 0.2) is 0 Å². The zero-order valence-corrected chi connectivity index (χ0v) is 11.6. The Bertz CT molecular complexity index is 541. The minimum Gasteiger partial charge on any atom is -0.441 e. The summed E-state index contributed by atoms with van der Waals surface area (Å²) in [5.74, 6) is -1.07. The summed E-state index contributed by atoms with van der Waals surface area (Å²) in [6.45, 7) is 2.39. The first-order chi connectivity index (χ1) is 8.23. The van der Waals surface area contributed by atoms with E-state index >= 15 is 0 Å². The maximum absolute atomic E-state index is 12.3. The number of ether oxygens (including phenoxy) is 1. The monoisotopic (exact) mass is 291 g/mol. The molecule has 0 saturated heterocycles. The predicted octanol–water partition coefficient (Wildman–Crippen LogP) is 1.56. The Morgan fingerprint density at radius 2 is 1.89 bits per heavy atom. The van der Waals surface area contributed by atoms with E-state index in [9.17, 15) is 13.2 Å². The van der Waals surface area contributed by atoms with Crippen LogP contribution in [0.4, 0.5) is 5.69 Å². The third-order valence-corrected chi connectivity index (χ3v) is 5.29. The summed E-state index contributed by atoms with van der Waals surface area (Å²) in [5.41, 5.74) is 5.92. The van der Waals surface area contributed by atoms with E-state index in [0.717, 1.165) is 6.92 Å². The molecule has 1 aromatic rings. The van der Waals surface area contributed by atoms with Crippen molar-refractivity contribution in [1.82, 2.24) is 0 Å². The number of sulfone groups is 1. The number of carbonyl (C=O) groups excluding carboxylic acids is 1. The fraction of sp³-hybridized carbons (Fsp3) is 0.364. The van der Waals surface area contributed by atoms with E-state index in [-0.39, 0.29) is 10.8 Å². The molecule has 7 heteroatoms. The van der Waals surface area contributed by atoms with Gasteiger partial charge in [-0.15, -0.1) is 11.6 Å². The van der Waals surface area contributed by atoms with Gasteiger partial charge >= 0.3 is 5.97 Å². The number of esters is 1. The third kappa shape index (κ3) is 2.76. The Hall–Kier alpha value is -1.27. The van der Waals surface area contributed by atoms with E-state index in [2.05, 4.69) is 0 Å². The number of hydrogen-bond acceptors (Lipinski definition) is 5. The fourth-order valence-corrected chi connectivity index (χ4v) is 3.20. The van der Waals surface area contributed by atoms with Gasteiger partial charge in [0.2, 0.25) is 14.8 Å². The highest BCUT2D eigenvalue weighted by molar-refractivity contribution is 7.92. The quantitative estimate of drug-likeness (QED) is 0.517. The minimum absolute atomic E-state index is 0.00102. The van der Waals surface area contributed by atoms with Gasteiger partial charge in [0.25, 0.3) is 0 Å². The van der Waals surface area contributed by atoms with E-state index in [4.69, 9.17) is 22.1 Å². The molecule has 0 amide bonds. The molecule has 0 aliphatic carbocycles. The van der Waals surface area contributed by atoms with Crippen molar-refractivity contribution in [1.29, 1.82) is 0 Å². The van der Waals surface area contributed by atoms with Crippen LogP contribution in [0.25, 0.3) is 0 Å². The van der Waals surface area contributed by atoms with Crippen molar-refractivity contribution in [2.45, 2.75) is 23.7 Å². The van der Waals surface area contributed by atoms with E-state index in [0.29, 0.717) is 5.69 Å². The first kappa shape index (κ1) is 14.8. The number of alkyl halides is 1. The van der Waals surface area contributed by atoms with Gasteiger partial charge in [-0.1, -0.05) is 0 Å². The molecule has 0 heterocycles. The molecule has 0 spiro atoms. The van der Waals surface area contributed by atoms with Gasteiger partial charge in [0, 0.05) is 12.6 Å². The number of halogens is 1. The number of carbonyl (C=O) groups is 1. The number of nitrogen functional groups attached to an aromatic ring is 1. The second-order valence-corrected chi connectivity index (χ2v) is 6.54. The molecule has 100 valence electrons. The maximum atomic E-state index is 12.3. The first-order valence-corrected chi connectivity index (χ1v) is 7.10. The third-order valence-electron chi connectivity index (χ3n) is 2.36. The summed E-state index contributed by atoms with van der Waals surface area (Å²) in [6.07, 6.45) is 0. The van der Waals surface area contributed by atoms with Crippen LogP contribution in [0.2, 0.25) is 0 Å². The highest BCUT2D eigenvalue weighted by atomic mass is 35.5. The molecule has 1 atom stereocenters. The zero-order valence-electron chi connectivity index (χ0n) is 10.0. The summed E-state index contributed by atoms with van der Waals surface area (Å²) >= 11 is 5.64. The van der Waals surface area contributed by atoms with Gasteiger partial charge in [0.1, 0.15) is 0 Å². The van der Waals surface area contributed by atoms with Crippen LogP contribution < -0.4 is 5.73 Å². The largest absolute Gasteiger partial charge is 0.441 e. The molecule has 0 radical (unpaired) electrons. The highest BCUT2D eigenvalue weighted by Crippen LogP contribution is 2.28. The molecule has 1 unspecified atom stereocenters. The average molecular weight is 292 g/mol. The molecule has 1 aromatic carbocycles. The molecule has 2 N–H and O–H groups in total. The van der Waals surface area contributed by atoms with Crippen molar-refractivity contribution in [3.8, 4) is 0 Å². The van der Waals surface area contributed by atoms with E-state index in [1.54, 1.807) is 0 Å². The van der Waals surface area contributed by atoms with Crippen molar-refractivity contribution in [3.05, 3.63) is 24.3 Å². The van der Waals surface area contributed by atoms with Gasteiger partial charge in [-0.3, -0.25) is 4.79 Å². The van der Waals surface area contributed by atoms with E-state index in [1.807, 2.05) is 0 Å². The van der Waals surface area contributed by atoms with Crippen LogP contribution in [0.3, 0.4) is 0 Å². The van der Waals surface area contributed by atoms with Gasteiger partial charge in [-0.2, -0.15) is 0 Å². The molecule has 0 bridgehead atoms. The molecular formula is C11H14ClNO4S. The van der Waals surface area contributed by atoms with Crippen LogP contribution >= 0.6 is 11.6 Å². The van der Waals surface area contributed by atoms with E-state index < -0.39 is 20.7 Å². The number of benzene rings is 1. The minimum atomic E-state index is -3.89.